The molecule has 176 valence electrons. The van der Waals surface area contributed by atoms with Gasteiger partial charge >= 0.3 is 15.6 Å². The third-order valence-electron chi connectivity index (χ3n) is 5.51. The van der Waals surface area contributed by atoms with E-state index in [9.17, 15) is 21.6 Å². The first-order chi connectivity index (χ1) is 15.4. The Labute approximate surface area is 194 Å². The number of aryl methyl sites for hydroxylation is 3. The first-order valence-electron chi connectivity index (χ1n) is 10.6. The van der Waals surface area contributed by atoms with Gasteiger partial charge in [-0.3, -0.25) is 0 Å². The lowest BCUT2D eigenvalue weighted by Crippen LogP contribution is -2.51. The summed E-state index contributed by atoms with van der Waals surface area (Å²) < 4.78 is 70.2. The molecule has 3 aromatic rings. The summed E-state index contributed by atoms with van der Waals surface area (Å²) >= 11 is 0. The molecule has 0 N–H and O–H groups in total. The van der Waals surface area contributed by atoms with Crippen molar-refractivity contribution in [3.8, 4) is 0 Å². The molecule has 0 aliphatic heterocycles. The molecule has 33 heavy (non-hydrogen) atoms. The zero-order chi connectivity index (χ0) is 24.3. The highest BCUT2D eigenvalue weighted by atomic mass is 32.2. The molecule has 0 radical (unpaired) electrons. The summed E-state index contributed by atoms with van der Waals surface area (Å²) in [5, 5.41) is 0. The second-order valence-electron chi connectivity index (χ2n) is 8.65. The lowest BCUT2D eigenvalue weighted by molar-refractivity contribution is -0.0504. The Morgan fingerprint density at radius 2 is 0.909 bits per heavy atom. The molecule has 0 heterocycles. The van der Waals surface area contributed by atoms with E-state index in [1.54, 1.807) is 0 Å². The van der Waals surface area contributed by atoms with Crippen molar-refractivity contribution in [2.75, 3.05) is 0 Å². The quantitative estimate of drug-likeness (QED) is 0.283. The van der Waals surface area contributed by atoms with Crippen molar-refractivity contribution in [2.24, 2.45) is 0 Å². The fraction of sp³-hybridized carbons (Fsp3) is 0.280. The van der Waals surface area contributed by atoms with Crippen molar-refractivity contribution in [3.63, 3.8) is 0 Å². The van der Waals surface area contributed by atoms with Crippen molar-refractivity contribution in [1.82, 2.24) is 0 Å². The number of alkyl halides is 3. The van der Waals surface area contributed by atoms with E-state index in [1.165, 1.54) is 0 Å². The minimum absolute atomic E-state index is 0.129. The van der Waals surface area contributed by atoms with Gasteiger partial charge in [0.1, 0.15) is 0 Å². The van der Waals surface area contributed by atoms with Gasteiger partial charge in [-0.25, -0.2) is 0 Å². The highest BCUT2D eigenvalue weighted by Crippen LogP contribution is 2.32. The maximum Gasteiger partial charge on any atom is 0.522 e. The van der Waals surface area contributed by atoms with Crippen molar-refractivity contribution < 1.29 is 25.5 Å². The summed E-state index contributed by atoms with van der Waals surface area (Å²) in [6, 6.07) is 22.5. The van der Waals surface area contributed by atoms with E-state index in [1.807, 2.05) is 93.6 Å². The highest BCUT2D eigenvalue weighted by molar-refractivity contribution is 7.88. The Bertz CT molecular complexity index is 1060. The molecule has 3 rings (SSSR count). The largest absolute Gasteiger partial charge is 0.522 e. The normalized spacial score (nSPS) is 12.7. The zero-order valence-corrected chi connectivity index (χ0v) is 20.6. The Morgan fingerprint density at radius 1 is 0.636 bits per heavy atom. The lowest BCUT2D eigenvalue weighted by Gasteiger charge is -2.32. The van der Waals surface area contributed by atoms with Crippen LogP contribution >= 0.6 is 0 Å². The Balaban J connectivity index is 2.12. The van der Waals surface area contributed by atoms with E-state index >= 15 is 0 Å². The van der Waals surface area contributed by atoms with Crippen LogP contribution in [0.5, 0.6) is 0 Å². The van der Waals surface area contributed by atoms with E-state index in [0.29, 0.717) is 0 Å². The molecule has 0 aliphatic rings. The molecule has 0 bridgehead atoms. The van der Waals surface area contributed by atoms with E-state index in [-0.39, 0.29) is 18.1 Å². The Hall–Kier alpha value is -2.42. The maximum atomic E-state index is 13.4. The van der Waals surface area contributed by atoms with Crippen LogP contribution in [0.25, 0.3) is 0 Å². The molecule has 0 atom stereocenters. The van der Waals surface area contributed by atoms with Gasteiger partial charge in [-0.05, 0) is 55.6 Å². The van der Waals surface area contributed by atoms with Gasteiger partial charge in [-0.2, -0.15) is 21.6 Å². The van der Waals surface area contributed by atoms with Crippen LogP contribution in [0.4, 0.5) is 13.2 Å². The fourth-order valence-corrected chi connectivity index (χ4v) is 10.1. The number of hydrogen-bond acceptors (Lipinski definition) is 3. The van der Waals surface area contributed by atoms with Crippen LogP contribution in [0.3, 0.4) is 0 Å². The molecule has 3 nitrogen and oxygen atoms in total. The van der Waals surface area contributed by atoms with E-state index < -0.39 is 23.9 Å². The van der Waals surface area contributed by atoms with Crippen LogP contribution in [-0.2, 0) is 32.1 Å². The molecule has 0 unspecified atom stereocenters. The van der Waals surface area contributed by atoms with Gasteiger partial charge in [0.15, 0.2) is 0 Å². The third kappa shape index (κ3) is 6.78. The van der Waals surface area contributed by atoms with Crippen LogP contribution in [0, 0.1) is 20.8 Å². The lowest BCUT2D eigenvalue weighted by atomic mass is 10.2. The average molecular weight is 493 g/mol. The molecule has 0 aliphatic carbocycles. The van der Waals surface area contributed by atoms with Gasteiger partial charge < -0.3 is 3.87 Å². The van der Waals surface area contributed by atoms with Gasteiger partial charge in [0.05, 0.1) is 0 Å². The van der Waals surface area contributed by atoms with Crippen LogP contribution in [0.2, 0.25) is 0 Å². The van der Waals surface area contributed by atoms with Gasteiger partial charge in [0.2, 0.25) is 8.32 Å². The minimum atomic E-state index is -5.78. The van der Waals surface area contributed by atoms with Crippen LogP contribution < -0.4 is 0 Å². The van der Waals surface area contributed by atoms with E-state index in [0.717, 1.165) is 33.4 Å². The molecule has 0 saturated heterocycles. The summed E-state index contributed by atoms with van der Waals surface area (Å²) in [5.74, 6) is 0. The van der Waals surface area contributed by atoms with Crippen molar-refractivity contribution in [3.05, 3.63) is 106 Å². The summed E-state index contributed by atoms with van der Waals surface area (Å²) in [6.07, 6.45) is 0. The maximum absolute atomic E-state index is 13.4. The summed E-state index contributed by atoms with van der Waals surface area (Å²) in [6.45, 7) is 5.74. The SMILES string of the molecule is Cc1ccc(C[Si](Cc2ccc(C)cc2)(Cc2ccc(C)cc2)OS(=O)(=O)C(F)(F)F)cc1. The second-order valence-corrected chi connectivity index (χ2v) is 14.1. The zero-order valence-electron chi connectivity index (χ0n) is 18.8. The first kappa shape index (κ1) is 25.2. The summed E-state index contributed by atoms with van der Waals surface area (Å²) in [4.78, 5) is 0. The van der Waals surface area contributed by atoms with Crippen molar-refractivity contribution in [1.29, 1.82) is 0 Å². The fourth-order valence-electron chi connectivity index (χ4n) is 3.79. The molecule has 0 amide bonds. The van der Waals surface area contributed by atoms with Gasteiger partial charge in [-0.15, -0.1) is 0 Å². The predicted octanol–water partition coefficient (Wildman–Crippen LogP) is 6.07. The molecule has 8 heteroatoms. The summed E-state index contributed by atoms with van der Waals surface area (Å²) in [5.41, 5.74) is -0.207. The Kier molecular flexibility index (Phi) is 7.51. The van der Waals surface area contributed by atoms with Crippen LogP contribution in [-0.4, -0.2) is 22.2 Å². The highest BCUT2D eigenvalue weighted by Gasteiger charge is 2.53. The van der Waals surface area contributed by atoms with E-state index in [2.05, 4.69) is 0 Å². The molecular weight excluding hydrogens is 465 g/mol. The van der Waals surface area contributed by atoms with Gasteiger partial charge in [0, 0.05) is 0 Å². The molecule has 3 aromatic carbocycles. The molecule has 0 aromatic heterocycles. The first-order valence-corrected chi connectivity index (χ1v) is 14.5. The van der Waals surface area contributed by atoms with Crippen LogP contribution in [0.15, 0.2) is 72.8 Å². The number of halogens is 3. The number of hydrogen-bond donors (Lipinski definition) is 0. The topological polar surface area (TPSA) is 43.4 Å². The van der Waals surface area contributed by atoms with Crippen molar-refractivity contribution in [2.45, 2.75) is 44.4 Å². The third-order valence-corrected chi connectivity index (χ3v) is 11.5. The summed E-state index contributed by atoms with van der Waals surface area (Å²) in [7, 11) is -9.40. The average Bonchev–Trinajstić information content (AvgIpc) is 2.72. The molecule has 0 fully saturated rings. The second kappa shape index (κ2) is 9.83. The predicted molar refractivity (Wildman–Crippen MR) is 126 cm³/mol. The number of benzene rings is 3. The van der Waals surface area contributed by atoms with Gasteiger partial charge in [0.25, 0.3) is 0 Å². The number of rotatable bonds is 8. The minimum Gasteiger partial charge on any atom is -0.307 e. The molecular formula is C25H27F3O3SSi. The monoisotopic (exact) mass is 492 g/mol. The van der Waals surface area contributed by atoms with Crippen LogP contribution in [0.1, 0.15) is 33.4 Å². The Morgan fingerprint density at radius 3 is 1.15 bits per heavy atom. The smallest absolute Gasteiger partial charge is 0.307 e. The van der Waals surface area contributed by atoms with Gasteiger partial charge in [-0.1, -0.05) is 89.5 Å². The van der Waals surface area contributed by atoms with Crippen molar-refractivity contribution >= 4 is 18.4 Å². The standard InChI is InChI=1S/C25H27F3O3SSi/c1-19-4-10-22(11-5-19)16-33(31-32(29,30)25(26,27)28,17-23-12-6-20(2)7-13-23)18-24-14-8-21(3)9-15-24/h4-15H,16-18H2,1-3H3. The molecule has 0 spiro atoms. The van der Waals surface area contributed by atoms with E-state index in [4.69, 9.17) is 3.87 Å². The molecule has 0 saturated carbocycles.